The Morgan fingerprint density at radius 3 is 2.41 bits per heavy atom. The second-order valence-electron chi connectivity index (χ2n) is 6.64. The molecule has 0 fully saturated rings. The lowest BCUT2D eigenvalue weighted by atomic mass is 10.1. The summed E-state index contributed by atoms with van der Waals surface area (Å²) in [4.78, 5) is 12.4. The number of hydrogen-bond acceptors (Lipinski definition) is 6. The second kappa shape index (κ2) is 9.70. The molecular weight excluding hydrogens is 454 g/mol. The largest absolute Gasteiger partial charge is 0.493 e. The van der Waals surface area contributed by atoms with E-state index in [4.69, 9.17) is 31.5 Å². The molecule has 32 heavy (non-hydrogen) atoms. The Hall–Kier alpha value is -3.58. The zero-order valence-corrected chi connectivity index (χ0v) is 18.4. The number of halogens is 1. The molecule has 8 nitrogen and oxygen atoms in total. The summed E-state index contributed by atoms with van der Waals surface area (Å²) in [5.41, 5.74) is 1.44. The van der Waals surface area contributed by atoms with Crippen molar-refractivity contribution in [1.29, 1.82) is 5.26 Å². The van der Waals surface area contributed by atoms with Gasteiger partial charge in [-0.2, -0.15) is 5.26 Å². The van der Waals surface area contributed by atoms with E-state index >= 15 is 0 Å². The van der Waals surface area contributed by atoms with E-state index in [2.05, 4.69) is 5.32 Å². The van der Waals surface area contributed by atoms with Gasteiger partial charge >= 0.3 is 0 Å². The number of anilines is 1. The smallest absolute Gasteiger partial charge is 0.238 e. The number of benzene rings is 3. The van der Waals surface area contributed by atoms with Crippen molar-refractivity contribution >= 4 is 33.2 Å². The number of sulfonamides is 1. The molecule has 1 amide bonds. The molecule has 0 spiro atoms. The third-order valence-corrected chi connectivity index (χ3v) is 5.58. The average molecular weight is 472 g/mol. The first kappa shape index (κ1) is 23.1. The van der Waals surface area contributed by atoms with E-state index in [1.807, 2.05) is 6.07 Å². The van der Waals surface area contributed by atoms with Gasteiger partial charge in [-0.05, 0) is 54.1 Å². The van der Waals surface area contributed by atoms with Gasteiger partial charge in [0.15, 0.2) is 11.5 Å². The number of nitrogens with zero attached hydrogens (tertiary/aromatic N) is 1. The topological polar surface area (TPSA) is 132 Å². The number of methoxy groups -OCH3 is 1. The number of hydrogen-bond donors (Lipinski definition) is 2. The molecule has 0 saturated heterocycles. The van der Waals surface area contributed by atoms with Gasteiger partial charge in [0.1, 0.15) is 5.75 Å². The molecule has 0 saturated carbocycles. The van der Waals surface area contributed by atoms with Gasteiger partial charge in [-0.15, -0.1) is 0 Å². The van der Waals surface area contributed by atoms with Crippen LogP contribution in [-0.2, 0) is 21.2 Å². The number of nitriles is 1. The van der Waals surface area contributed by atoms with Crippen molar-refractivity contribution < 1.29 is 22.7 Å². The SMILES string of the molecule is COc1ccc(CC(=O)Nc2ccc(S(N)(=O)=O)cc2)cc1Oc1cc(C#N)ccc1Cl. The molecule has 0 aliphatic carbocycles. The maximum absolute atomic E-state index is 12.4. The minimum absolute atomic E-state index is 0.0171. The van der Waals surface area contributed by atoms with Crippen molar-refractivity contribution in [2.45, 2.75) is 11.3 Å². The van der Waals surface area contributed by atoms with E-state index in [9.17, 15) is 13.2 Å². The fraction of sp³-hybridized carbons (Fsp3) is 0.0909. The lowest BCUT2D eigenvalue weighted by Crippen LogP contribution is -2.15. The number of nitrogens with two attached hydrogens (primary N) is 1. The van der Waals surface area contributed by atoms with Crippen LogP contribution in [0, 0.1) is 11.3 Å². The minimum atomic E-state index is -3.81. The summed E-state index contributed by atoms with van der Waals surface area (Å²) in [7, 11) is -2.33. The molecule has 0 aliphatic rings. The van der Waals surface area contributed by atoms with Crippen LogP contribution in [0.15, 0.2) is 65.6 Å². The molecular formula is C22H18ClN3O5S. The van der Waals surface area contributed by atoms with Crippen LogP contribution >= 0.6 is 11.6 Å². The Morgan fingerprint density at radius 1 is 1.06 bits per heavy atom. The van der Waals surface area contributed by atoms with E-state index in [0.29, 0.717) is 33.3 Å². The van der Waals surface area contributed by atoms with Gasteiger partial charge in [-0.25, -0.2) is 13.6 Å². The van der Waals surface area contributed by atoms with Crippen molar-refractivity contribution in [3.05, 3.63) is 76.8 Å². The Balaban J connectivity index is 1.76. The molecule has 0 radical (unpaired) electrons. The summed E-state index contributed by atoms with van der Waals surface area (Å²) in [6.45, 7) is 0. The first-order chi connectivity index (χ1) is 15.2. The summed E-state index contributed by atoms with van der Waals surface area (Å²) in [6, 6.07) is 17.2. The van der Waals surface area contributed by atoms with Crippen molar-refractivity contribution in [3.8, 4) is 23.3 Å². The number of amides is 1. The highest BCUT2D eigenvalue weighted by Gasteiger charge is 2.13. The van der Waals surface area contributed by atoms with Crippen LogP contribution in [0.5, 0.6) is 17.2 Å². The van der Waals surface area contributed by atoms with Crippen LogP contribution in [0.25, 0.3) is 0 Å². The second-order valence-corrected chi connectivity index (χ2v) is 8.61. The third-order valence-electron chi connectivity index (χ3n) is 4.34. The van der Waals surface area contributed by atoms with E-state index in [-0.39, 0.29) is 23.0 Å². The quantitative estimate of drug-likeness (QED) is 0.538. The number of rotatable bonds is 7. The lowest BCUT2D eigenvalue weighted by Gasteiger charge is -2.13. The minimum Gasteiger partial charge on any atom is -0.493 e. The molecule has 3 aromatic carbocycles. The summed E-state index contributed by atoms with van der Waals surface area (Å²) in [5, 5.41) is 17.2. The van der Waals surface area contributed by atoms with E-state index in [0.717, 1.165) is 0 Å². The number of ether oxygens (including phenoxy) is 2. The zero-order chi connectivity index (χ0) is 23.3. The predicted molar refractivity (Wildman–Crippen MR) is 119 cm³/mol. The third kappa shape index (κ3) is 5.76. The molecule has 3 aromatic rings. The van der Waals surface area contributed by atoms with E-state index < -0.39 is 10.0 Å². The molecule has 3 N–H and O–H groups in total. The van der Waals surface area contributed by atoms with Crippen LogP contribution in [0.2, 0.25) is 5.02 Å². The highest BCUT2D eigenvalue weighted by atomic mass is 35.5. The van der Waals surface area contributed by atoms with Gasteiger partial charge in [0, 0.05) is 11.8 Å². The molecule has 0 bridgehead atoms. The van der Waals surface area contributed by atoms with E-state index in [1.54, 1.807) is 30.3 Å². The Labute approximate surface area is 190 Å². The highest BCUT2D eigenvalue weighted by Crippen LogP contribution is 2.36. The fourth-order valence-electron chi connectivity index (χ4n) is 2.80. The standard InChI is InChI=1S/C22H18ClN3O5S/c1-30-19-9-3-14(10-21(19)31-20-11-15(13-24)2-8-18(20)23)12-22(27)26-16-4-6-17(7-5-16)32(25,28)29/h2-11H,12H2,1H3,(H,26,27)(H2,25,28,29). The Morgan fingerprint density at radius 2 is 1.78 bits per heavy atom. The van der Waals surface area contributed by atoms with E-state index in [1.165, 1.54) is 37.4 Å². The maximum atomic E-state index is 12.4. The normalized spacial score (nSPS) is 10.8. The van der Waals surface area contributed by atoms with Gasteiger partial charge in [0.05, 0.1) is 35.1 Å². The number of nitrogens with one attached hydrogen (secondary N) is 1. The molecule has 0 unspecified atom stereocenters. The molecule has 0 aliphatic heterocycles. The van der Waals surface area contributed by atoms with Gasteiger partial charge in [0.25, 0.3) is 0 Å². The van der Waals surface area contributed by atoms with Gasteiger partial charge < -0.3 is 14.8 Å². The molecule has 0 atom stereocenters. The number of carbonyl (C=O) groups excluding carboxylic acids is 1. The first-order valence-electron chi connectivity index (χ1n) is 9.17. The van der Waals surface area contributed by atoms with Gasteiger partial charge in [-0.3, -0.25) is 4.79 Å². The molecule has 0 aromatic heterocycles. The van der Waals surface area contributed by atoms with Crippen LogP contribution in [0.3, 0.4) is 0 Å². The van der Waals surface area contributed by atoms with Crippen molar-refractivity contribution in [3.63, 3.8) is 0 Å². The van der Waals surface area contributed by atoms with Crippen LogP contribution < -0.4 is 19.9 Å². The molecule has 164 valence electrons. The summed E-state index contributed by atoms with van der Waals surface area (Å²) in [6.07, 6.45) is 0.0171. The Kier molecular flexibility index (Phi) is 7.00. The average Bonchev–Trinajstić information content (AvgIpc) is 2.75. The summed E-state index contributed by atoms with van der Waals surface area (Å²) >= 11 is 6.17. The van der Waals surface area contributed by atoms with Crippen LogP contribution in [0.4, 0.5) is 5.69 Å². The number of carbonyl (C=O) groups is 1. The monoisotopic (exact) mass is 471 g/mol. The van der Waals surface area contributed by atoms with Gasteiger partial charge in [0.2, 0.25) is 15.9 Å². The Bertz CT molecular complexity index is 1300. The molecule has 0 heterocycles. The van der Waals surface area contributed by atoms with Gasteiger partial charge in [-0.1, -0.05) is 17.7 Å². The predicted octanol–water partition coefficient (Wildman–Crippen LogP) is 3.84. The van der Waals surface area contributed by atoms with Crippen molar-refractivity contribution in [1.82, 2.24) is 0 Å². The maximum Gasteiger partial charge on any atom is 0.238 e. The zero-order valence-electron chi connectivity index (χ0n) is 16.8. The molecule has 10 heteroatoms. The first-order valence-corrected chi connectivity index (χ1v) is 11.1. The van der Waals surface area contributed by atoms with Crippen LogP contribution in [-0.4, -0.2) is 21.4 Å². The highest BCUT2D eigenvalue weighted by molar-refractivity contribution is 7.89. The summed E-state index contributed by atoms with van der Waals surface area (Å²) in [5.74, 6) is 0.702. The van der Waals surface area contributed by atoms with Crippen LogP contribution in [0.1, 0.15) is 11.1 Å². The van der Waals surface area contributed by atoms with Crippen molar-refractivity contribution in [2.24, 2.45) is 5.14 Å². The van der Waals surface area contributed by atoms with Crippen molar-refractivity contribution in [2.75, 3.05) is 12.4 Å². The fourth-order valence-corrected chi connectivity index (χ4v) is 3.47. The summed E-state index contributed by atoms with van der Waals surface area (Å²) < 4.78 is 33.8. The molecule has 3 rings (SSSR count). The lowest BCUT2D eigenvalue weighted by molar-refractivity contribution is -0.115. The number of primary sulfonamides is 1.